The van der Waals surface area contributed by atoms with E-state index in [1.165, 1.54) is 12.3 Å². The van der Waals surface area contributed by atoms with Gasteiger partial charge >= 0.3 is 5.97 Å². The SMILES string of the molecule is O=C(O)c1cccc(Cl)c1Nc1c([S+]([O-])N2CCOCC2)cnc2ccc(Cl)cc12. The van der Waals surface area contributed by atoms with Crippen molar-refractivity contribution in [1.29, 1.82) is 0 Å². The van der Waals surface area contributed by atoms with Gasteiger partial charge in [-0.2, -0.15) is 0 Å². The Morgan fingerprint density at radius 2 is 1.97 bits per heavy atom. The van der Waals surface area contributed by atoms with Crippen LogP contribution in [-0.4, -0.2) is 51.2 Å². The second-order valence-corrected chi connectivity index (χ2v) is 8.84. The maximum absolute atomic E-state index is 13.4. The molecule has 156 valence electrons. The molecule has 10 heteroatoms. The first-order valence-electron chi connectivity index (χ1n) is 9.07. The highest BCUT2D eigenvalue weighted by Gasteiger charge is 2.30. The van der Waals surface area contributed by atoms with Gasteiger partial charge in [-0.25, -0.2) is 4.79 Å². The highest BCUT2D eigenvalue weighted by molar-refractivity contribution is 7.89. The number of nitrogens with zero attached hydrogens (tertiary/aromatic N) is 2. The number of rotatable bonds is 5. The summed E-state index contributed by atoms with van der Waals surface area (Å²) >= 11 is 11.0. The average Bonchev–Trinajstić information content (AvgIpc) is 2.75. The van der Waals surface area contributed by atoms with E-state index >= 15 is 0 Å². The predicted molar refractivity (Wildman–Crippen MR) is 117 cm³/mol. The number of anilines is 2. The topological polar surface area (TPSA) is 97.8 Å². The zero-order valence-corrected chi connectivity index (χ0v) is 17.9. The third-order valence-electron chi connectivity index (χ3n) is 4.68. The number of carbonyl (C=O) groups is 1. The van der Waals surface area contributed by atoms with Crippen molar-refractivity contribution >= 4 is 62.8 Å². The van der Waals surface area contributed by atoms with Gasteiger partial charge in [-0.3, -0.25) is 4.98 Å². The second-order valence-electron chi connectivity index (χ2n) is 6.54. The summed E-state index contributed by atoms with van der Waals surface area (Å²) in [5, 5.41) is 14.0. The Labute approximate surface area is 185 Å². The van der Waals surface area contributed by atoms with Crippen LogP contribution >= 0.6 is 23.2 Å². The van der Waals surface area contributed by atoms with Crippen molar-refractivity contribution in [3.8, 4) is 0 Å². The molecule has 0 amide bonds. The van der Waals surface area contributed by atoms with E-state index in [9.17, 15) is 14.5 Å². The minimum absolute atomic E-state index is 0.00223. The molecule has 0 bridgehead atoms. The number of ether oxygens (including phenoxy) is 1. The van der Waals surface area contributed by atoms with Crippen LogP contribution in [0, 0.1) is 0 Å². The number of para-hydroxylation sites is 1. The number of carboxylic acid groups (broad SMARTS) is 1. The van der Waals surface area contributed by atoms with Gasteiger partial charge in [-0.1, -0.05) is 29.3 Å². The number of morpholine rings is 1. The first-order valence-corrected chi connectivity index (χ1v) is 10.9. The van der Waals surface area contributed by atoms with E-state index in [0.29, 0.717) is 52.8 Å². The molecule has 1 aliphatic heterocycles. The van der Waals surface area contributed by atoms with Crippen LogP contribution in [0.5, 0.6) is 0 Å². The molecule has 1 aromatic heterocycles. The third kappa shape index (κ3) is 4.20. The van der Waals surface area contributed by atoms with Gasteiger partial charge in [0.05, 0.1) is 65.7 Å². The van der Waals surface area contributed by atoms with Crippen molar-refractivity contribution < 1.29 is 19.2 Å². The van der Waals surface area contributed by atoms with E-state index in [1.54, 1.807) is 34.6 Å². The first kappa shape index (κ1) is 21.2. The molecule has 1 saturated heterocycles. The summed E-state index contributed by atoms with van der Waals surface area (Å²) in [6.45, 7) is 1.97. The molecule has 1 unspecified atom stereocenters. The van der Waals surface area contributed by atoms with Gasteiger partial charge in [-0.05, 0) is 30.3 Å². The quantitative estimate of drug-likeness (QED) is 0.540. The van der Waals surface area contributed by atoms with Crippen LogP contribution in [0.3, 0.4) is 0 Å². The summed E-state index contributed by atoms with van der Waals surface area (Å²) in [5.41, 5.74) is 1.27. The lowest BCUT2D eigenvalue weighted by atomic mass is 10.1. The molecule has 7 nitrogen and oxygen atoms in total. The Bertz CT molecular complexity index is 1110. The predicted octanol–water partition coefficient (Wildman–Crippen LogP) is 4.34. The Morgan fingerprint density at radius 3 is 2.70 bits per heavy atom. The van der Waals surface area contributed by atoms with E-state index in [0.717, 1.165) is 0 Å². The molecule has 2 heterocycles. The molecule has 4 rings (SSSR count). The molecule has 0 saturated carbocycles. The summed E-state index contributed by atoms with van der Waals surface area (Å²) in [6.07, 6.45) is 1.53. The Kier molecular flexibility index (Phi) is 6.33. The van der Waals surface area contributed by atoms with Gasteiger partial charge in [0.2, 0.25) is 4.90 Å². The molecule has 30 heavy (non-hydrogen) atoms. The summed E-state index contributed by atoms with van der Waals surface area (Å²) < 4.78 is 20.5. The molecule has 1 aliphatic rings. The van der Waals surface area contributed by atoms with Crippen molar-refractivity contribution in [3.05, 3.63) is 58.2 Å². The number of hydrogen-bond donors (Lipinski definition) is 2. The fraction of sp³-hybridized carbons (Fsp3) is 0.200. The number of carboxylic acids is 1. The minimum Gasteiger partial charge on any atom is -0.593 e. The van der Waals surface area contributed by atoms with Crippen molar-refractivity contribution in [1.82, 2.24) is 9.29 Å². The van der Waals surface area contributed by atoms with Crippen LogP contribution in [0.25, 0.3) is 10.9 Å². The van der Waals surface area contributed by atoms with Crippen molar-refractivity contribution in [2.24, 2.45) is 0 Å². The van der Waals surface area contributed by atoms with Gasteiger partial charge in [0.25, 0.3) is 0 Å². The molecule has 0 radical (unpaired) electrons. The highest BCUT2D eigenvalue weighted by Crippen LogP contribution is 2.38. The Hall–Kier alpha value is -2.07. The number of halogens is 2. The Morgan fingerprint density at radius 1 is 1.20 bits per heavy atom. The summed E-state index contributed by atoms with van der Waals surface area (Å²) in [6, 6.07) is 9.75. The van der Waals surface area contributed by atoms with Crippen LogP contribution in [-0.2, 0) is 16.1 Å². The number of pyridine rings is 1. The molecule has 3 aromatic rings. The van der Waals surface area contributed by atoms with Gasteiger partial charge in [-0.15, -0.1) is 4.31 Å². The lowest BCUT2D eigenvalue weighted by Crippen LogP contribution is -2.40. The summed E-state index contributed by atoms with van der Waals surface area (Å²) in [5.74, 6) is -1.13. The van der Waals surface area contributed by atoms with E-state index in [4.69, 9.17) is 27.9 Å². The van der Waals surface area contributed by atoms with Crippen LogP contribution in [0.1, 0.15) is 10.4 Å². The first-order chi connectivity index (χ1) is 14.5. The molecule has 2 N–H and O–H groups in total. The number of aromatic carboxylic acids is 1. The van der Waals surface area contributed by atoms with Gasteiger partial charge in [0.1, 0.15) is 5.69 Å². The molecule has 0 spiro atoms. The monoisotopic (exact) mass is 465 g/mol. The van der Waals surface area contributed by atoms with Crippen molar-refractivity contribution in [3.63, 3.8) is 0 Å². The number of nitrogens with one attached hydrogen (secondary N) is 1. The van der Waals surface area contributed by atoms with Crippen LogP contribution < -0.4 is 5.32 Å². The standard InChI is InChI=1S/C20H17Cl2N3O4S/c21-12-4-5-16-14(10-12)19(24-18-13(20(26)27)2-1-3-15(18)22)17(11-23-16)30(28)25-6-8-29-9-7-25/h1-5,10-11H,6-9H2,(H,23,24)(H,26,27). The van der Waals surface area contributed by atoms with Crippen LogP contribution in [0.4, 0.5) is 11.4 Å². The lowest BCUT2D eigenvalue weighted by molar-refractivity contribution is 0.0698. The van der Waals surface area contributed by atoms with Gasteiger partial charge in [0.15, 0.2) is 0 Å². The van der Waals surface area contributed by atoms with Gasteiger partial charge in [0, 0.05) is 10.4 Å². The van der Waals surface area contributed by atoms with E-state index in [-0.39, 0.29) is 16.3 Å². The number of benzene rings is 2. The molecule has 1 fully saturated rings. The maximum atomic E-state index is 13.4. The summed E-state index contributed by atoms with van der Waals surface area (Å²) in [7, 11) is 0. The molecular weight excluding hydrogens is 449 g/mol. The lowest BCUT2D eigenvalue weighted by Gasteiger charge is -2.28. The Balaban J connectivity index is 1.88. The smallest absolute Gasteiger partial charge is 0.337 e. The van der Waals surface area contributed by atoms with E-state index < -0.39 is 17.3 Å². The largest absolute Gasteiger partial charge is 0.593 e. The van der Waals surface area contributed by atoms with Gasteiger partial charge < -0.3 is 19.7 Å². The zero-order valence-electron chi connectivity index (χ0n) is 15.6. The number of hydrogen-bond acceptors (Lipinski definition) is 6. The van der Waals surface area contributed by atoms with Crippen LogP contribution in [0.15, 0.2) is 47.5 Å². The molecular formula is C20H17Cl2N3O4S. The zero-order chi connectivity index (χ0) is 21.3. The highest BCUT2D eigenvalue weighted by atomic mass is 35.5. The fourth-order valence-corrected chi connectivity index (χ4v) is 4.85. The van der Waals surface area contributed by atoms with Crippen molar-refractivity contribution in [2.45, 2.75) is 4.90 Å². The number of fused-ring (bicyclic) bond motifs is 1. The van der Waals surface area contributed by atoms with Crippen LogP contribution in [0.2, 0.25) is 10.0 Å². The molecule has 1 atom stereocenters. The summed E-state index contributed by atoms with van der Waals surface area (Å²) in [4.78, 5) is 16.6. The molecule has 0 aliphatic carbocycles. The second kappa shape index (κ2) is 8.97. The number of aromatic nitrogens is 1. The average molecular weight is 466 g/mol. The van der Waals surface area contributed by atoms with E-state index in [2.05, 4.69) is 10.3 Å². The third-order valence-corrected chi connectivity index (χ3v) is 6.75. The van der Waals surface area contributed by atoms with E-state index in [1.807, 2.05) is 0 Å². The molecule has 2 aromatic carbocycles. The van der Waals surface area contributed by atoms with Crippen molar-refractivity contribution in [2.75, 3.05) is 31.6 Å². The minimum atomic E-state index is -1.55. The fourth-order valence-electron chi connectivity index (χ4n) is 3.21. The maximum Gasteiger partial charge on any atom is 0.337 e. The normalized spacial score (nSPS) is 15.8.